The molecule has 322 valence electrons. The van der Waals surface area contributed by atoms with Crippen molar-refractivity contribution in [1.82, 2.24) is 39.3 Å². The first-order valence-electron chi connectivity index (χ1n) is 16.7. The highest BCUT2D eigenvalue weighted by atomic mass is 19.4. The molecule has 0 spiro atoms. The van der Waals surface area contributed by atoms with Gasteiger partial charge in [0.1, 0.15) is 11.6 Å². The van der Waals surface area contributed by atoms with E-state index in [1.165, 1.54) is 4.90 Å². The van der Waals surface area contributed by atoms with Gasteiger partial charge in [-0.1, -0.05) is 7.43 Å². The van der Waals surface area contributed by atoms with E-state index >= 15 is 0 Å². The Hall–Kier alpha value is -5.82. The molecule has 0 saturated carbocycles. The second kappa shape index (κ2) is 18.0. The van der Waals surface area contributed by atoms with Crippen LogP contribution in [0.2, 0.25) is 0 Å². The molecule has 14 nitrogen and oxygen atoms in total. The summed E-state index contributed by atoms with van der Waals surface area (Å²) in [6.45, 7) is -1.07. The molecule has 4 aromatic rings. The van der Waals surface area contributed by atoms with E-state index in [9.17, 15) is 72.4 Å². The first-order valence-corrected chi connectivity index (χ1v) is 16.7. The Morgan fingerprint density at radius 2 is 1.03 bits per heavy atom. The fourth-order valence-corrected chi connectivity index (χ4v) is 6.11. The standard InChI is InChI=1S/C16H13F6N5O3.C16H15F6N5O.CH4/c17-10-6-12(19)11(18)4-8(10)3-9(27(29)30)5-14(28)25-1-2-26-13(7-25)23-24-15(26)16(20,21)22;17-10-6-12(19)11(18)4-8(10)3-9(23)5-14(28)26-1-2-27-13(7-26)24-25-15(27)16(20,21)22;/h4,6,9H,1-3,5,7H2;4,6,9H,1-3,5,7,23H2;1H4/t2*9-;/m11./s1. The van der Waals surface area contributed by atoms with E-state index in [1.807, 2.05) is 0 Å². The Morgan fingerprint density at radius 3 is 1.44 bits per heavy atom. The molecule has 0 fully saturated rings. The first-order chi connectivity index (χ1) is 27.0. The van der Waals surface area contributed by atoms with Gasteiger partial charge in [0.25, 0.3) is 0 Å². The van der Waals surface area contributed by atoms with Crippen molar-refractivity contribution < 1.29 is 67.2 Å². The summed E-state index contributed by atoms with van der Waals surface area (Å²) in [6.07, 6.45) is -11.2. The van der Waals surface area contributed by atoms with Crippen LogP contribution >= 0.6 is 0 Å². The Balaban J connectivity index is 0.000000257. The Kier molecular flexibility index (Phi) is 14.0. The van der Waals surface area contributed by atoms with Gasteiger partial charge in [-0.05, 0) is 29.7 Å². The number of hydrogen-bond donors (Lipinski definition) is 1. The Bertz CT molecular complexity index is 2190. The van der Waals surface area contributed by atoms with E-state index in [-0.39, 0.29) is 82.8 Å². The van der Waals surface area contributed by atoms with E-state index in [0.717, 1.165) is 14.0 Å². The average molecular weight is 861 g/mol. The van der Waals surface area contributed by atoms with Crippen LogP contribution in [0.5, 0.6) is 0 Å². The minimum absolute atomic E-state index is 0. The number of nitrogens with two attached hydrogens (primary N) is 1. The third-order valence-corrected chi connectivity index (χ3v) is 8.98. The zero-order chi connectivity index (χ0) is 42.9. The van der Waals surface area contributed by atoms with Crippen LogP contribution in [-0.4, -0.2) is 81.2 Å². The third kappa shape index (κ3) is 10.8. The highest BCUT2D eigenvalue weighted by Crippen LogP contribution is 2.31. The predicted octanol–water partition coefficient (Wildman–Crippen LogP) is 4.99. The van der Waals surface area contributed by atoms with Gasteiger partial charge in [-0.15, -0.1) is 20.4 Å². The van der Waals surface area contributed by atoms with E-state index < -0.39 is 106 Å². The minimum atomic E-state index is -4.72. The summed E-state index contributed by atoms with van der Waals surface area (Å²) in [4.78, 5) is 37.6. The molecule has 0 aliphatic carbocycles. The van der Waals surface area contributed by atoms with Crippen molar-refractivity contribution in [1.29, 1.82) is 0 Å². The molecule has 59 heavy (non-hydrogen) atoms. The third-order valence-electron chi connectivity index (χ3n) is 8.98. The SMILES string of the molecule is C.N[C@@H](CC(=O)N1CCn2c(nnc2C(F)(F)F)C1)Cc1cc(F)c(F)cc1F.O=C(C[C@@H](Cc1cc(F)c(F)cc1F)[N+](=O)[O-])N1CCn2c(nnc2C(F)(F)F)C1. The van der Waals surface area contributed by atoms with Gasteiger partial charge < -0.3 is 24.7 Å². The molecule has 2 atom stereocenters. The molecule has 0 radical (unpaired) electrons. The lowest BCUT2D eigenvalue weighted by Crippen LogP contribution is -2.42. The zero-order valence-electron chi connectivity index (χ0n) is 29.3. The average Bonchev–Trinajstić information content (AvgIpc) is 3.77. The minimum Gasteiger partial charge on any atom is -0.333 e. The normalized spacial score (nSPS) is 15.0. The number of nitrogens with zero attached hydrogens (tertiary/aromatic N) is 9. The molecule has 2 amide bonds. The summed E-state index contributed by atoms with van der Waals surface area (Å²) in [6, 6.07) is -0.737. The van der Waals surface area contributed by atoms with Gasteiger partial charge in [-0.2, -0.15) is 26.3 Å². The summed E-state index contributed by atoms with van der Waals surface area (Å²) in [7, 11) is 0. The number of benzene rings is 2. The number of carbonyl (C=O) groups is 2. The number of halogens is 12. The van der Waals surface area contributed by atoms with Gasteiger partial charge in [0.2, 0.25) is 29.5 Å². The van der Waals surface area contributed by atoms with Crippen molar-refractivity contribution in [2.75, 3.05) is 13.1 Å². The number of amides is 2. The number of nitro groups is 1. The summed E-state index contributed by atoms with van der Waals surface area (Å²) in [5.74, 6) is -11.3. The van der Waals surface area contributed by atoms with E-state index in [0.29, 0.717) is 18.2 Å². The molecule has 2 aliphatic rings. The van der Waals surface area contributed by atoms with Crippen LogP contribution in [0.25, 0.3) is 0 Å². The number of hydrogen-bond acceptors (Lipinski definition) is 9. The molecule has 0 saturated heterocycles. The summed E-state index contributed by atoms with van der Waals surface area (Å²) in [5.41, 5.74) is 5.16. The second-order valence-corrected chi connectivity index (χ2v) is 13.0. The number of aromatic nitrogens is 6. The summed E-state index contributed by atoms with van der Waals surface area (Å²) < 4.78 is 159. The number of alkyl halides is 6. The highest BCUT2D eigenvalue weighted by Gasteiger charge is 2.41. The molecule has 0 bridgehead atoms. The van der Waals surface area contributed by atoms with E-state index in [1.54, 1.807) is 0 Å². The Labute approximate surface area is 324 Å². The van der Waals surface area contributed by atoms with Crippen molar-refractivity contribution in [3.63, 3.8) is 0 Å². The lowest BCUT2D eigenvalue weighted by Gasteiger charge is -2.29. The fourth-order valence-electron chi connectivity index (χ4n) is 6.11. The van der Waals surface area contributed by atoms with Gasteiger partial charge in [0, 0.05) is 62.1 Å². The van der Waals surface area contributed by atoms with E-state index in [4.69, 9.17) is 5.73 Å². The quantitative estimate of drug-likeness (QED) is 0.106. The van der Waals surface area contributed by atoms with E-state index in [2.05, 4.69) is 20.4 Å². The summed E-state index contributed by atoms with van der Waals surface area (Å²) >= 11 is 0. The molecule has 4 heterocycles. The molecule has 2 aromatic heterocycles. The number of fused-ring (bicyclic) bond motifs is 2. The van der Waals surface area contributed by atoms with Crippen LogP contribution in [0.3, 0.4) is 0 Å². The predicted molar refractivity (Wildman–Crippen MR) is 176 cm³/mol. The number of rotatable bonds is 9. The largest absolute Gasteiger partial charge is 0.451 e. The smallest absolute Gasteiger partial charge is 0.333 e. The van der Waals surface area contributed by atoms with Gasteiger partial charge in [-0.25, -0.2) is 26.3 Å². The topological polar surface area (TPSA) is 171 Å². The monoisotopic (exact) mass is 860 g/mol. The van der Waals surface area contributed by atoms with Crippen LogP contribution in [0, 0.1) is 45.0 Å². The zero-order valence-corrected chi connectivity index (χ0v) is 29.3. The van der Waals surface area contributed by atoms with Crippen molar-refractivity contribution in [3.05, 3.63) is 104 Å². The maximum atomic E-state index is 13.8. The maximum Gasteiger partial charge on any atom is 0.451 e. The van der Waals surface area contributed by atoms with Gasteiger partial charge in [0.05, 0.1) is 19.5 Å². The molecule has 0 unspecified atom stereocenters. The van der Waals surface area contributed by atoms with Gasteiger partial charge in [0.15, 0.2) is 34.9 Å². The molecular weight excluding hydrogens is 828 g/mol. The van der Waals surface area contributed by atoms with Gasteiger partial charge in [-0.3, -0.25) is 19.7 Å². The molecule has 6 rings (SSSR count). The first kappa shape index (κ1) is 45.9. The molecular formula is C33H32F12N10O4. The van der Waals surface area contributed by atoms with Crippen LogP contribution in [0.1, 0.15) is 54.7 Å². The van der Waals surface area contributed by atoms with Crippen LogP contribution in [0.15, 0.2) is 24.3 Å². The molecule has 26 heteroatoms. The van der Waals surface area contributed by atoms with Crippen LogP contribution in [-0.2, 0) is 61.0 Å². The number of carbonyl (C=O) groups excluding carboxylic acids is 2. The second-order valence-electron chi connectivity index (χ2n) is 13.0. The lowest BCUT2D eigenvalue weighted by atomic mass is 10.0. The van der Waals surface area contributed by atoms with Crippen molar-refractivity contribution in [2.24, 2.45) is 5.73 Å². The van der Waals surface area contributed by atoms with Crippen molar-refractivity contribution >= 4 is 11.8 Å². The summed E-state index contributed by atoms with van der Waals surface area (Å²) in [5, 5.41) is 24.4. The fraction of sp³-hybridized carbons (Fsp3) is 0.455. The van der Waals surface area contributed by atoms with Crippen LogP contribution < -0.4 is 5.73 Å². The molecule has 2 aliphatic heterocycles. The van der Waals surface area contributed by atoms with Crippen molar-refractivity contribution in [3.8, 4) is 0 Å². The van der Waals surface area contributed by atoms with Crippen molar-refractivity contribution in [2.45, 2.75) is 83.7 Å². The molecule has 2 aromatic carbocycles. The van der Waals surface area contributed by atoms with Gasteiger partial charge >= 0.3 is 12.4 Å². The molecule has 2 N–H and O–H groups in total. The lowest BCUT2D eigenvalue weighted by molar-refractivity contribution is -0.521. The maximum absolute atomic E-state index is 13.8. The van der Waals surface area contributed by atoms with Crippen LogP contribution in [0.4, 0.5) is 52.7 Å². The highest BCUT2D eigenvalue weighted by molar-refractivity contribution is 5.77. The Morgan fingerprint density at radius 1 is 0.644 bits per heavy atom.